The van der Waals surface area contributed by atoms with Gasteiger partial charge < -0.3 is 15.9 Å². The molecule has 0 aromatic carbocycles. The number of hydrogen-bond donors (Lipinski definition) is 4. The van der Waals surface area contributed by atoms with Crippen molar-refractivity contribution < 1.29 is 24.6 Å². The fourth-order valence-corrected chi connectivity index (χ4v) is 1.26. The summed E-state index contributed by atoms with van der Waals surface area (Å²) in [5.41, 5.74) is 4.81. The number of urea groups is 1. The summed E-state index contributed by atoms with van der Waals surface area (Å²) in [6.45, 7) is 5.12. The maximum atomic E-state index is 11.3. The van der Waals surface area contributed by atoms with E-state index in [4.69, 9.17) is 15.9 Å². The van der Waals surface area contributed by atoms with Crippen LogP contribution in [0.25, 0.3) is 0 Å². The normalized spacial score (nSPS) is 12.2. The number of halogens is 1. The molecular weight excluding hydrogens is 358 g/mol. The van der Waals surface area contributed by atoms with E-state index in [0.29, 0.717) is 19.3 Å². The molecule has 0 aliphatic carbocycles. The van der Waals surface area contributed by atoms with Crippen LogP contribution in [-0.4, -0.2) is 51.3 Å². The molecule has 0 saturated heterocycles. The third-order valence-electron chi connectivity index (χ3n) is 2.57. The van der Waals surface area contributed by atoms with Gasteiger partial charge in [-0.05, 0) is 19.8 Å². The second-order valence-electron chi connectivity index (χ2n) is 4.49. The Morgan fingerprint density at radius 3 is 2.18 bits per heavy atom. The number of carboxylic acid groups (broad SMARTS) is 1. The van der Waals surface area contributed by atoms with Gasteiger partial charge in [-0.1, -0.05) is 29.8 Å². The van der Waals surface area contributed by atoms with Crippen LogP contribution in [0.5, 0.6) is 0 Å². The van der Waals surface area contributed by atoms with Crippen molar-refractivity contribution in [3.8, 4) is 0 Å². The van der Waals surface area contributed by atoms with Crippen molar-refractivity contribution in [2.75, 3.05) is 6.54 Å². The van der Waals surface area contributed by atoms with Crippen molar-refractivity contribution in [2.24, 2.45) is 10.7 Å². The van der Waals surface area contributed by atoms with E-state index in [2.05, 4.69) is 20.9 Å². The highest BCUT2D eigenvalue weighted by atomic mass is 79.9. The molecule has 5 N–H and O–H groups in total. The molecule has 1 unspecified atom stereocenters. The summed E-state index contributed by atoms with van der Waals surface area (Å²) in [5, 5.41) is 18.8. The van der Waals surface area contributed by atoms with E-state index in [-0.39, 0.29) is 12.5 Å². The highest BCUT2D eigenvalue weighted by Crippen LogP contribution is 2.26. The van der Waals surface area contributed by atoms with E-state index in [0.717, 1.165) is 0 Å². The summed E-state index contributed by atoms with van der Waals surface area (Å²) in [7, 11) is 0. The number of aliphatic imine (C=N–C) groups is 1. The lowest BCUT2D eigenvalue weighted by atomic mass is 10.0. The van der Waals surface area contributed by atoms with Crippen LogP contribution in [0, 0.1) is 0 Å². The van der Waals surface area contributed by atoms with Gasteiger partial charge in [-0.15, -0.1) is 0 Å². The summed E-state index contributed by atoms with van der Waals surface area (Å²) in [6.07, 6.45) is 2.61. The second kappa shape index (κ2) is 12.1. The van der Waals surface area contributed by atoms with Crippen molar-refractivity contribution in [3.05, 3.63) is 0 Å². The third-order valence-corrected chi connectivity index (χ3v) is 4.05. The number of aliphatic hydroxyl groups is 1. The SMILES string of the molecule is CC(O)C/C=N/CC(=O)O.CCC(Br)(CC)C(=O)NC(N)=O. The van der Waals surface area contributed by atoms with Crippen LogP contribution in [0.1, 0.15) is 40.0 Å². The molecule has 0 bridgehead atoms. The molecule has 0 saturated carbocycles. The molecule has 0 fully saturated rings. The Balaban J connectivity index is 0. The number of amides is 3. The first kappa shape index (κ1) is 22.8. The molecule has 0 heterocycles. The first-order valence-electron chi connectivity index (χ1n) is 6.76. The zero-order valence-electron chi connectivity index (χ0n) is 13.0. The van der Waals surface area contributed by atoms with E-state index in [1.165, 1.54) is 6.21 Å². The van der Waals surface area contributed by atoms with Gasteiger partial charge in [0.2, 0.25) is 5.91 Å². The first-order valence-corrected chi connectivity index (χ1v) is 7.56. The zero-order chi connectivity index (χ0) is 17.8. The first-order chi connectivity index (χ1) is 10.1. The molecule has 0 aromatic rings. The molecule has 9 heteroatoms. The van der Waals surface area contributed by atoms with E-state index in [1.54, 1.807) is 6.92 Å². The number of aliphatic carboxylic acids is 1. The van der Waals surface area contributed by atoms with Gasteiger partial charge in [0.05, 0.1) is 6.10 Å². The van der Waals surface area contributed by atoms with Gasteiger partial charge >= 0.3 is 12.0 Å². The molecule has 8 nitrogen and oxygen atoms in total. The van der Waals surface area contributed by atoms with E-state index in [1.807, 2.05) is 19.2 Å². The summed E-state index contributed by atoms with van der Waals surface area (Å²) in [5.74, 6) is -1.33. The largest absolute Gasteiger partial charge is 0.480 e. The number of nitrogens with zero attached hydrogens (tertiary/aromatic N) is 1. The molecule has 22 heavy (non-hydrogen) atoms. The van der Waals surface area contributed by atoms with Gasteiger partial charge in [-0.25, -0.2) is 4.79 Å². The average molecular weight is 382 g/mol. The van der Waals surface area contributed by atoms with Crippen molar-refractivity contribution in [2.45, 2.75) is 50.5 Å². The molecule has 0 rings (SSSR count). The molecule has 0 aromatic heterocycles. The monoisotopic (exact) mass is 381 g/mol. The van der Waals surface area contributed by atoms with Crippen LogP contribution in [-0.2, 0) is 9.59 Å². The Hall–Kier alpha value is -1.48. The van der Waals surface area contributed by atoms with E-state index in [9.17, 15) is 14.4 Å². The molecule has 3 amide bonds. The third kappa shape index (κ3) is 12.3. The fraction of sp³-hybridized carbons (Fsp3) is 0.692. The number of nitrogens with two attached hydrogens (primary N) is 1. The van der Waals surface area contributed by atoms with Crippen molar-refractivity contribution in [1.82, 2.24) is 5.32 Å². The number of carbonyl (C=O) groups is 3. The number of aliphatic hydroxyl groups excluding tert-OH is 1. The predicted molar refractivity (Wildman–Crippen MR) is 87.3 cm³/mol. The summed E-state index contributed by atoms with van der Waals surface area (Å²) in [4.78, 5) is 35.0. The lowest BCUT2D eigenvalue weighted by Gasteiger charge is -2.21. The van der Waals surface area contributed by atoms with Crippen LogP contribution >= 0.6 is 15.9 Å². The Morgan fingerprint density at radius 1 is 1.36 bits per heavy atom. The summed E-state index contributed by atoms with van der Waals surface area (Å²) < 4.78 is -0.665. The number of primary amides is 1. The number of imide groups is 1. The minimum atomic E-state index is -0.957. The lowest BCUT2D eigenvalue weighted by Crippen LogP contribution is -2.46. The highest BCUT2D eigenvalue weighted by Gasteiger charge is 2.32. The topological polar surface area (TPSA) is 142 Å². The van der Waals surface area contributed by atoms with Crippen LogP contribution in [0.15, 0.2) is 4.99 Å². The predicted octanol–water partition coefficient (Wildman–Crippen LogP) is 1.05. The number of hydrogen-bond acceptors (Lipinski definition) is 5. The zero-order valence-corrected chi connectivity index (χ0v) is 14.6. The summed E-state index contributed by atoms with van der Waals surface area (Å²) >= 11 is 3.26. The number of carbonyl (C=O) groups excluding carboxylic acids is 2. The fourth-order valence-electron chi connectivity index (χ4n) is 1.16. The van der Waals surface area contributed by atoms with Crippen molar-refractivity contribution in [1.29, 1.82) is 0 Å². The van der Waals surface area contributed by atoms with Gasteiger partial charge in [-0.3, -0.25) is 19.9 Å². The number of nitrogens with one attached hydrogen (secondary N) is 1. The quantitative estimate of drug-likeness (QED) is 0.385. The van der Waals surface area contributed by atoms with Crippen LogP contribution in [0.3, 0.4) is 0 Å². The van der Waals surface area contributed by atoms with Gasteiger partial charge in [-0.2, -0.15) is 0 Å². The standard InChI is InChI=1S/C7H13BrN2O2.C6H11NO3/c1-3-7(8,4-2)5(11)10-6(9)12;1-5(8)2-3-7-4-6(9)10/h3-4H2,1-2H3,(H3,9,10,11,12);3,5,8H,2,4H2,1H3,(H,9,10)/b;7-3+. The maximum Gasteiger partial charge on any atom is 0.325 e. The van der Waals surface area contributed by atoms with Gasteiger partial charge in [0, 0.05) is 12.6 Å². The average Bonchev–Trinajstić information content (AvgIpc) is 2.42. The molecule has 0 radical (unpaired) electrons. The Bertz CT molecular complexity index is 395. The maximum absolute atomic E-state index is 11.3. The van der Waals surface area contributed by atoms with Gasteiger partial charge in [0.1, 0.15) is 10.9 Å². The number of carboxylic acids is 1. The molecule has 0 aliphatic heterocycles. The van der Waals surface area contributed by atoms with E-state index < -0.39 is 22.4 Å². The molecule has 128 valence electrons. The Kier molecular flexibility index (Phi) is 12.5. The smallest absolute Gasteiger partial charge is 0.325 e. The molecular formula is C13H24BrN3O5. The Labute approximate surface area is 138 Å². The van der Waals surface area contributed by atoms with Gasteiger partial charge in [0.15, 0.2) is 0 Å². The van der Waals surface area contributed by atoms with Crippen LogP contribution in [0.4, 0.5) is 4.79 Å². The highest BCUT2D eigenvalue weighted by molar-refractivity contribution is 9.10. The Morgan fingerprint density at radius 2 is 1.86 bits per heavy atom. The summed E-state index contributed by atoms with van der Waals surface area (Å²) in [6, 6.07) is -0.814. The van der Waals surface area contributed by atoms with Crippen LogP contribution < -0.4 is 11.1 Å². The van der Waals surface area contributed by atoms with Gasteiger partial charge in [0.25, 0.3) is 0 Å². The van der Waals surface area contributed by atoms with Crippen molar-refractivity contribution >= 4 is 40.1 Å². The second-order valence-corrected chi connectivity index (χ2v) is 6.01. The molecule has 0 aliphatic rings. The molecule has 1 atom stereocenters. The molecule has 0 spiro atoms. The lowest BCUT2D eigenvalue weighted by molar-refractivity contribution is -0.135. The van der Waals surface area contributed by atoms with Crippen LogP contribution in [0.2, 0.25) is 0 Å². The van der Waals surface area contributed by atoms with Crippen molar-refractivity contribution in [3.63, 3.8) is 0 Å². The number of rotatable bonds is 7. The minimum absolute atomic E-state index is 0.216. The minimum Gasteiger partial charge on any atom is -0.480 e. The number of alkyl halides is 1. The van der Waals surface area contributed by atoms with E-state index >= 15 is 0 Å².